The van der Waals surface area contributed by atoms with Crippen LogP contribution < -0.4 is 4.74 Å². The molecule has 1 aliphatic carbocycles. The lowest BCUT2D eigenvalue weighted by Crippen LogP contribution is -2.34. The average Bonchev–Trinajstić information content (AvgIpc) is 2.36. The predicted molar refractivity (Wildman–Crippen MR) is 73.2 cm³/mol. The van der Waals surface area contributed by atoms with Gasteiger partial charge >= 0.3 is 6.36 Å². The van der Waals surface area contributed by atoms with Crippen LogP contribution in [0.15, 0.2) is 24.3 Å². The van der Waals surface area contributed by atoms with E-state index in [0.717, 1.165) is 19.3 Å². The first-order valence-electron chi connectivity index (χ1n) is 7.10. The molecule has 0 bridgehead atoms. The van der Waals surface area contributed by atoms with Gasteiger partial charge in [-0.15, -0.1) is 13.2 Å². The second-order valence-electron chi connectivity index (χ2n) is 6.20. The number of rotatable bonds is 3. The predicted octanol–water partition coefficient (Wildman–Crippen LogP) is 4.98. The highest BCUT2D eigenvalue weighted by Gasteiger charge is 2.39. The second kappa shape index (κ2) is 5.70. The molecule has 0 heterocycles. The molecule has 21 heavy (non-hydrogen) atoms. The maximum absolute atomic E-state index is 12.7. The lowest BCUT2D eigenvalue weighted by atomic mass is 9.66. The standard InChI is InChI=1S/C16H19F3O2/c1-15(2)10-6-5-8-12(15)14(20)11-7-3-4-9-13(11)21-16(17,18)19/h3-4,7,9,12H,5-6,8,10H2,1-2H3. The summed E-state index contributed by atoms with van der Waals surface area (Å²) in [5.41, 5.74) is -0.171. The molecule has 0 aliphatic heterocycles. The first-order valence-corrected chi connectivity index (χ1v) is 7.10. The summed E-state index contributed by atoms with van der Waals surface area (Å²) in [7, 11) is 0. The number of benzene rings is 1. The Hall–Kier alpha value is -1.52. The van der Waals surface area contributed by atoms with E-state index < -0.39 is 12.1 Å². The molecule has 1 aliphatic rings. The minimum Gasteiger partial charge on any atom is -0.405 e. The van der Waals surface area contributed by atoms with Gasteiger partial charge in [-0.2, -0.15) is 0 Å². The highest BCUT2D eigenvalue weighted by molar-refractivity contribution is 6.00. The molecular formula is C16H19F3O2. The minimum absolute atomic E-state index is 0.0230. The summed E-state index contributed by atoms with van der Waals surface area (Å²) in [6, 6.07) is 5.60. The van der Waals surface area contributed by atoms with Gasteiger partial charge in [0.25, 0.3) is 0 Å². The van der Waals surface area contributed by atoms with E-state index in [1.54, 1.807) is 6.07 Å². The zero-order valence-corrected chi connectivity index (χ0v) is 12.2. The quantitative estimate of drug-likeness (QED) is 0.735. The molecule has 2 rings (SSSR count). The normalized spacial score (nSPS) is 21.9. The van der Waals surface area contributed by atoms with Gasteiger partial charge in [0.2, 0.25) is 0 Å². The Balaban J connectivity index is 2.31. The molecule has 1 aromatic carbocycles. The van der Waals surface area contributed by atoms with E-state index >= 15 is 0 Å². The van der Waals surface area contributed by atoms with E-state index in [-0.39, 0.29) is 22.7 Å². The molecule has 0 amide bonds. The topological polar surface area (TPSA) is 26.3 Å². The van der Waals surface area contributed by atoms with E-state index in [1.165, 1.54) is 18.2 Å². The summed E-state index contributed by atoms with van der Waals surface area (Å²) in [5, 5.41) is 0. The van der Waals surface area contributed by atoms with Crippen molar-refractivity contribution in [1.29, 1.82) is 0 Å². The molecule has 1 fully saturated rings. The van der Waals surface area contributed by atoms with Crippen molar-refractivity contribution in [2.24, 2.45) is 11.3 Å². The van der Waals surface area contributed by atoms with Gasteiger partial charge in [-0.1, -0.05) is 38.8 Å². The van der Waals surface area contributed by atoms with Crippen LogP contribution in [0.3, 0.4) is 0 Å². The molecule has 0 spiro atoms. The first kappa shape index (κ1) is 15.9. The minimum atomic E-state index is -4.79. The highest BCUT2D eigenvalue weighted by atomic mass is 19.4. The van der Waals surface area contributed by atoms with Crippen molar-refractivity contribution in [3.8, 4) is 5.75 Å². The van der Waals surface area contributed by atoms with Crippen LogP contribution in [-0.4, -0.2) is 12.1 Å². The molecule has 0 radical (unpaired) electrons. The van der Waals surface area contributed by atoms with Crippen LogP contribution in [0, 0.1) is 11.3 Å². The fraction of sp³-hybridized carbons (Fsp3) is 0.562. The molecule has 5 heteroatoms. The van der Waals surface area contributed by atoms with Gasteiger partial charge in [-0.25, -0.2) is 0 Å². The second-order valence-corrected chi connectivity index (χ2v) is 6.20. The number of hydrogen-bond acceptors (Lipinski definition) is 2. The van der Waals surface area contributed by atoms with E-state index in [0.29, 0.717) is 6.42 Å². The van der Waals surface area contributed by atoms with Crippen LogP contribution >= 0.6 is 0 Å². The number of carbonyl (C=O) groups excluding carboxylic acids is 1. The van der Waals surface area contributed by atoms with Crippen molar-refractivity contribution in [2.75, 3.05) is 0 Å². The maximum atomic E-state index is 12.7. The summed E-state index contributed by atoms with van der Waals surface area (Å²) < 4.78 is 41.3. The summed E-state index contributed by atoms with van der Waals surface area (Å²) in [6.07, 6.45) is -1.18. The van der Waals surface area contributed by atoms with Crippen LogP contribution in [0.2, 0.25) is 0 Å². The molecule has 0 aromatic heterocycles. The van der Waals surface area contributed by atoms with E-state index in [1.807, 2.05) is 13.8 Å². The zero-order chi connectivity index (χ0) is 15.7. The van der Waals surface area contributed by atoms with Crippen LogP contribution in [-0.2, 0) is 0 Å². The maximum Gasteiger partial charge on any atom is 0.573 e. The number of hydrogen-bond donors (Lipinski definition) is 0. The number of para-hydroxylation sites is 1. The Labute approximate surface area is 122 Å². The largest absolute Gasteiger partial charge is 0.573 e. The van der Waals surface area contributed by atoms with Crippen LogP contribution in [0.4, 0.5) is 13.2 Å². The third-order valence-electron chi connectivity index (χ3n) is 4.20. The van der Waals surface area contributed by atoms with E-state index in [9.17, 15) is 18.0 Å². The monoisotopic (exact) mass is 300 g/mol. The third kappa shape index (κ3) is 3.77. The van der Waals surface area contributed by atoms with Crippen molar-refractivity contribution in [1.82, 2.24) is 0 Å². The van der Waals surface area contributed by atoms with Gasteiger partial charge in [0.1, 0.15) is 5.75 Å². The summed E-state index contributed by atoms with van der Waals surface area (Å²) in [6.45, 7) is 4.00. The third-order valence-corrected chi connectivity index (χ3v) is 4.20. The Kier molecular flexibility index (Phi) is 4.30. The van der Waals surface area contributed by atoms with Gasteiger partial charge in [0.15, 0.2) is 5.78 Å². The van der Waals surface area contributed by atoms with Crippen molar-refractivity contribution in [2.45, 2.75) is 45.9 Å². The van der Waals surface area contributed by atoms with Crippen LogP contribution in [0.25, 0.3) is 0 Å². The molecule has 0 N–H and O–H groups in total. The molecule has 1 atom stereocenters. The lowest BCUT2D eigenvalue weighted by Gasteiger charge is -2.37. The molecule has 1 unspecified atom stereocenters. The number of alkyl halides is 3. The smallest absolute Gasteiger partial charge is 0.405 e. The van der Waals surface area contributed by atoms with Crippen molar-refractivity contribution in [3.05, 3.63) is 29.8 Å². The number of ketones is 1. The highest BCUT2D eigenvalue weighted by Crippen LogP contribution is 2.43. The van der Waals surface area contributed by atoms with Crippen molar-refractivity contribution < 1.29 is 22.7 Å². The lowest BCUT2D eigenvalue weighted by molar-refractivity contribution is -0.274. The van der Waals surface area contributed by atoms with Crippen molar-refractivity contribution >= 4 is 5.78 Å². The molecule has 1 saturated carbocycles. The Morgan fingerprint density at radius 2 is 1.90 bits per heavy atom. The SMILES string of the molecule is CC1(C)CCCCC1C(=O)c1ccccc1OC(F)(F)F. The molecular weight excluding hydrogens is 281 g/mol. The number of carbonyl (C=O) groups is 1. The molecule has 0 saturated heterocycles. The van der Waals surface area contributed by atoms with E-state index in [2.05, 4.69) is 4.74 Å². The van der Waals surface area contributed by atoms with Gasteiger partial charge in [0, 0.05) is 5.92 Å². The Bertz CT molecular complexity index is 520. The Morgan fingerprint density at radius 3 is 2.52 bits per heavy atom. The zero-order valence-electron chi connectivity index (χ0n) is 12.2. The number of halogens is 3. The number of Topliss-reactive ketones (excluding diaryl/α,β-unsaturated/α-hetero) is 1. The first-order chi connectivity index (χ1) is 9.71. The molecule has 116 valence electrons. The van der Waals surface area contributed by atoms with Gasteiger partial charge in [-0.3, -0.25) is 4.79 Å². The molecule has 2 nitrogen and oxygen atoms in total. The van der Waals surface area contributed by atoms with Crippen LogP contribution in [0.5, 0.6) is 5.75 Å². The summed E-state index contributed by atoms with van der Waals surface area (Å²) in [4.78, 5) is 12.7. The van der Waals surface area contributed by atoms with Gasteiger partial charge in [-0.05, 0) is 30.4 Å². The van der Waals surface area contributed by atoms with Gasteiger partial charge in [0.05, 0.1) is 5.56 Å². The fourth-order valence-electron chi connectivity index (χ4n) is 3.05. The summed E-state index contributed by atoms with van der Waals surface area (Å²) in [5.74, 6) is -0.917. The van der Waals surface area contributed by atoms with Crippen LogP contribution in [0.1, 0.15) is 49.9 Å². The summed E-state index contributed by atoms with van der Waals surface area (Å²) >= 11 is 0. The fourth-order valence-corrected chi connectivity index (χ4v) is 3.05. The van der Waals surface area contributed by atoms with Gasteiger partial charge < -0.3 is 4.74 Å². The Morgan fingerprint density at radius 1 is 1.24 bits per heavy atom. The number of ether oxygens (including phenoxy) is 1. The van der Waals surface area contributed by atoms with Crippen molar-refractivity contribution in [3.63, 3.8) is 0 Å². The van der Waals surface area contributed by atoms with E-state index in [4.69, 9.17) is 0 Å². The average molecular weight is 300 g/mol. The molecule has 1 aromatic rings.